The van der Waals surface area contributed by atoms with Crippen molar-refractivity contribution in [1.29, 1.82) is 0 Å². The summed E-state index contributed by atoms with van der Waals surface area (Å²) in [7, 11) is 0. The van der Waals surface area contributed by atoms with Gasteiger partial charge < -0.3 is 15.0 Å². The molecule has 1 fully saturated rings. The Kier molecular flexibility index (Phi) is 2.74. The van der Waals surface area contributed by atoms with Crippen LogP contribution in [0.4, 0.5) is 0 Å². The van der Waals surface area contributed by atoms with Crippen LogP contribution in [-0.4, -0.2) is 39.5 Å². The topological polar surface area (TPSA) is 73.4 Å². The van der Waals surface area contributed by atoms with Crippen molar-refractivity contribution in [3.8, 4) is 0 Å². The van der Waals surface area contributed by atoms with Crippen LogP contribution in [-0.2, 0) is 4.79 Å². The Morgan fingerprint density at radius 3 is 2.95 bits per heavy atom. The summed E-state index contributed by atoms with van der Waals surface area (Å²) in [4.78, 5) is 28.2. The summed E-state index contributed by atoms with van der Waals surface area (Å²) < 4.78 is 0. The molecule has 0 bridgehead atoms. The molecule has 2 N–H and O–H groups in total. The molecule has 0 saturated carbocycles. The highest BCUT2D eigenvalue weighted by Crippen LogP contribution is 2.24. The Bertz CT molecular complexity index is 647. The SMILES string of the molecule is O=C(O)[C@H]1CCCN1C(=O)c1cccc2[nH]ccc12. The first-order valence-corrected chi connectivity index (χ1v) is 6.28. The molecule has 0 unspecified atom stereocenters. The monoisotopic (exact) mass is 258 g/mol. The largest absolute Gasteiger partial charge is 0.480 e. The van der Waals surface area contributed by atoms with Crippen LogP contribution in [0.2, 0.25) is 0 Å². The van der Waals surface area contributed by atoms with Crippen molar-refractivity contribution in [2.75, 3.05) is 6.54 Å². The molecule has 1 atom stereocenters. The number of aromatic amines is 1. The minimum atomic E-state index is -0.924. The standard InChI is InChI=1S/C14H14N2O3/c17-13(16-8-2-5-12(16)14(18)19)10-3-1-4-11-9(10)6-7-15-11/h1,3-4,6-7,12,15H,2,5,8H2,(H,18,19)/t12-/m1/s1. The number of likely N-dealkylation sites (tertiary alicyclic amines) is 1. The zero-order valence-electron chi connectivity index (χ0n) is 10.3. The second-order valence-corrected chi connectivity index (χ2v) is 4.74. The fraction of sp³-hybridized carbons (Fsp3) is 0.286. The van der Waals surface area contributed by atoms with Gasteiger partial charge in [0.05, 0.1) is 0 Å². The number of fused-ring (bicyclic) bond motifs is 1. The summed E-state index contributed by atoms with van der Waals surface area (Å²) in [5.74, 6) is -1.12. The molecule has 0 aliphatic carbocycles. The fourth-order valence-electron chi connectivity index (χ4n) is 2.69. The molecule has 3 rings (SSSR count). The van der Waals surface area contributed by atoms with Crippen LogP contribution in [0.15, 0.2) is 30.5 Å². The van der Waals surface area contributed by atoms with Crippen LogP contribution in [0.5, 0.6) is 0 Å². The van der Waals surface area contributed by atoms with E-state index < -0.39 is 12.0 Å². The molecular weight excluding hydrogens is 244 g/mol. The average molecular weight is 258 g/mol. The van der Waals surface area contributed by atoms with Gasteiger partial charge in [-0.25, -0.2) is 4.79 Å². The third-order valence-corrected chi connectivity index (χ3v) is 3.62. The molecule has 0 spiro atoms. The van der Waals surface area contributed by atoms with E-state index >= 15 is 0 Å². The molecule has 5 nitrogen and oxygen atoms in total. The Hall–Kier alpha value is -2.30. The van der Waals surface area contributed by atoms with E-state index in [-0.39, 0.29) is 5.91 Å². The lowest BCUT2D eigenvalue weighted by Gasteiger charge is -2.21. The molecule has 1 aliphatic rings. The van der Waals surface area contributed by atoms with Gasteiger partial charge in [-0.3, -0.25) is 4.79 Å². The van der Waals surface area contributed by atoms with E-state index in [1.54, 1.807) is 18.3 Å². The summed E-state index contributed by atoms with van der Waals surface area (Å²) >= 11 is 0. The Morgan fingerprint density at radius 2 is 2.16 bits per heavy atom. The van der Waals surface area contributed by atoms with Crippen molar-refractivity contribution >= 4 is 22.8 Å². The number of carboxylic acid groups (broad SMARTS) is 1. The highest BCUT2D eigenvalue weighted by atomic mass is 16.4. The van der Waals surface area contributed by atoms with Crippen molar-refractivity contribution in [2.45, 2.75) is 18.9 Å². The highest BCUT2D eigenvalue weighted by Gasteiger charge is 2.34. The number of carboxylic acids is 1. The minimum Gasteiger partial charge on any atom is -0.480 e. The third kappa shape index (κ3) is 1.87. The van der Waals surface area contributed by atoms with Gasteiger partial charge in [-0.1, -0.05) is 6.07 Å². The van der Waals surface area contributed by atoms with Gasteiger partial charge >= 0.3 is 5.97 Å². The molecule has 98 valence electrons. The first-order chi connectivity index (χ1) is 9.18. The van der Waals surface area contributed by atoms with Crippen molar-refractivity contribution in [3.05, 3.63) is 36.0 Å². The van der Waals surface area contributed by atoms with E-state index in [4.69, 9.17) is 5.11 Å². The Morgan fingerprint density at radius 1 is 1.32 bits per heavy atom. The summed E-state index contributed by atoms with van der Waals surface area (Å²) in [5.41, 5.74) is 1.45. The van der Waals surface area contributed by atoms with Gasteiger partial charge in [0.1, 0.15) is 6.04 Å². The normalized spacial score (nSPS) is 18.9. The Balaban J connectivity index is 2.00. The molecule has 1 aliphatic heterocycles. The number of nitrogens with zero attached hydrogens (tertiary/aromatic N) is 1. The molecule has 1 saturated heterocycles. The molecule has 1 amide bonds. The number of aromatic nitrogens is 1. The number of rotatable bonds is 2. The number of H-pyrrole nitrogens is 1. The molecule has 5 heteroatoms. The van der Waals surface area contributed by atoms with Crippen LogP contribution in [0.1, 0.15) is 23.2 Å². The van der Waals surface area contributed by atoms with E-state index in [2.05, 4.69) is 4.98 Å². The molecule has 0 radical (unpaired) electrons. The molecule has 2 heterocycles. The van der Waals surface area contributed by atoms with E-state index in [0.717, 1.165) is 17.3 Å². The summed E-state index contributed by atoms with van der Waals surface area (Å²) in [6, 6.07) is 6.59. The van der Waals surface area contributed by atoms with E-state index in [0.29, 0.717) is 18.5 Å². The molecule has 1 aromatic carbocycles. The maximum atomic E-state index is 12.5. The molecule has 19 heavy (non-hydrogen) atoms. The van der Waals surface area contributed by atoms with Crippen LogP contribution in [0.25, 0.3) is 10.9 Å². The summed E-state index contributed by atoms with van der Waals surface area (Å²) in [6.07, 6.45) is 3.05. The van der Waals surface area contributed by atoms with Gasteiger partial charge in [0.25, 0.3) is 5.91 Å². The lowest BCUT2D eigenvalue weighted by Crippen LogP contribution is -2.40. The van der Waals surface area contributed by atoms with Crippen LogP contribution in [0.3, 0.4) is 0 Å². The summed E-state index contributed by atoms with van der Waals surface area (Å²) in [6.45, 7) is 0.511. The van der Waals surface area contributed by atoms with E-state index in [1.807, 2.05) is 12.1 Å². The maximum Gasteiger partial charge on any atom is 0.326 e. The number of carbonyl (C=O) groups excluding carboxylic acids is 1. The second-order valence-electron chi connectivity index (χ2n) is 4.74. The first-order valence-electron chi connectivity index (χ1n) is 6.28. The Labute approximate surface area is 109 Å². The van der Waals surface area contributed by atoms with Gasteiger partial charge in [-0.15, -0.1) is 0 Å². The lowest BCUT2D eigenvalue weighted by atomic mass is 10.1. The lowest BCUT2D eigenvalue weighted by molar-refractivity contribution is -0.141. The first kappa shape index (κ1) is 11.8. The minimum absolute atomic E-state index is 0.199. The zero-order valence-corrected chi connectivity index (χ0v) is 10.3. The number of hydrogen-bond donors (Lipinski definition) is 2. The van der Waals surface area contributed by atoms with Crippen molar-refractivity contribution < 1.29 is 14.7 Å². The predicted molar refractivity (Wildman–Crippen MR) is 70.0 cm³/mol. The number of carbonyl (C=O) groups is 2. The highest BCUT2D eigenvalue weighted by molar-refractivity contribution is 6.07. The summed E-state index contributed by atoms with van der Waals surface area (Å²) in [5, 5.41) is 9.99. The van der Waals surface area contributed by atoms with Crippen LogP contribution < -0.4 is 0 Å². The quantitative estimate of drug-likeness (QED) is 0.863. The fourth-order valence-corrected chi connectivity index (χ4v) is 2.69. The third-order valence-electron chi connectivity index (χ3n) is 3.62. The van der Waals surface area contributed by atoms with Crippen molar-refractivity contribution in [1.82, 2.24) is 9.88 Å². The maximum absolute atomic E-state index is 12.5. The van der Waals surface area contributed by atoms with Crippen molar-refractivity contribution in [2.24, 2.45) is 0 Å². The van der Waals surface area contributed by atoms with Gasteiger partial charge in [0.15, 0.2) is 0 Å². The molecule has 1 aromatic heterocycles. The molecular formula is C14H14N2O3. The van der Waals surface area contributed by atoms with Gasteiger partial charge in [-0.05, 0) is 31.0 Å². The van der Waals surface area contributed by atoms with Crippen molar-refractivity contribution in [3.63, 3.8) is 0 Å². The van der Waals surface area contributed by atoms with E-state index in [1.165, 1.54) is 4.90 Å². The molecule has 2 aromatic rings. The number of aliphatic carboxylic acids is 1. The van der Waals surface area contributed by atoms with Gasteiger partial charge in [0, 0.05) is 29.2 Å². The number of benzene rings is 1. The van der Waals surface area contributed by atoms with Gasteiger partial charge in [0.2, 0.25) is 0 Å². The number of hydrogen-bond acceptors (Lipinski definition) is 2. The average Bonchev–Trinajstić information content (AvgIpc) is 3.05. The van der Waals surface area contributed by atoms with Gasteiger partial charge in [-0.2, -0.15) is 0 Å². The number of nitrogens with one attached hydrogen (secondary N) is 1. The number of amides is 1. The van der Waals surface area contributed by atoms with Crippen LogP contribution >= 0.6 is 0 Å². The smallest absolute Gasteiger partial charge is 0.326 e. The van der Waals surface area contributed by atoms with Crippen LogP contribution in [0, 0.1) is 0 Å². The van der Waals surface area contributed by atoms with E-state index in [9.17, 15) is 9.59 Å². The zero-order chi connectivity index (χ0) is 13.4. The second kappa shape index (κ2) is 4.42. The predicted octanol–water partition coefficient (Wildman–Crippen LogP) is 1.86.